The van der Waals surface area contributed by atoms with Crippen molar-refractivity contribution < 1.29 is 28.6 Å². The van der Waals surface area contributed by atoms with Gasteiger partial charge in [0.1, 0.15) is 13.2 Å². The first-order valence-electron chi connectivity index (χ1n) is 33.2. The van der Waals surface area contributed by atoms with Gasteiger partial charge in [-0.3, -0.25) is 14.4 Å². The smallest absolute Gasteiger partial charge is 0.306 e. The van der Waals surface area contributed by atoms with Crippen molar-refractivity contribution >= 4 is 17.9 Å². The van der Waals surface area contributed by atoms with Crippen LogP contribution in [0.15, 0.2) is 134 Å². The molecule has 0 N–H and O–H groups in total. The molecule has 0 bridgehead atoms. The lowest BCUT2D eigenvalue weighted by atomic mass is 10.0. The summed E-state index contributed by atoms with van der Waals surface area (Å²) in [5.41, 5.74) is 0. The number of unbranched alkanes of at least 4 members (excludes halogenated alkanes) is 26. The molecule has 0 aliphatic rings. The summed E-state index contributed by atoms with van der Waals surface area (Å²) >= 11 is 0. The lowest BCUT2D eigenvalue weighted by molar-refractivity contribution is -0.167. The average molecular weight is 1110 g/mol. The molecule has 0 aromatic rings. The van der Waals surface area contributed by atoms with Crippen molar-refractivity contribution in [3.63, 3.8) is 0 Å². The number of hydrogen-bond donors (Lipinski definition) is 0. The maximum absolute atomic E-state index is 12.9. The molecule has 0 spiro atoms. The molecule has 0 aromatic carbocycles. The molecule has 1 unspecified atom stereocenters. The zero-order valence-corrected chi connectivity index (χ0v) is 52.0. The monoisotopic (exact) mass is 1110 g/mol. The number of hydrogen-bond acceptors (Lipinski definition) is 6. The van der Waals surface area contributed by atoms with Crippen molar-refractivity contribution in [2.75, 3.05) is 13.2 Å². The Morgan fingerprint density at radius 2 is 0.487 bits per heavy atom. The summed E-state index contributed by atoms with van der Waals surface area (Å²) in [5.74, 6) is -0.946. The van der Waals surface area contributed by atoms with E-state index in [4.69, 9.17) is 14.2 Å². The van der Waals surface area contributed by atoms with Gasteiger partial charge < -0.3 is 14.2 Å². The van der Waals surface area contributed by atoms with Gasteiger partial charge in [-0.15, -0.1) is 0 Å². The summed E-state index contributed by atoms with van der Waals surface area (Å²) in [6, 6.07) is 0. The molecule has 0 fully saturated rings. The molecular formula is C74H122O6. The molecule has 0 saturated carbocycles. The van der Waals surface area contributed by atoms with Crippen molar-refractivity contribution in [1.29, 1.82) is 0 Å². The predicted molar refractivity (Wildman–Crippen MR) is 348 cm³/mol. The van der Waals surface area contributed by atoms with Gasteiger partial charge in [-0.05, 0) is 122 Å². The van der Waals surface area contributed by atoms with Gasteiger partial charge in [-0.2, -0.15) is 0 Å². The van der Waals surface area contributed by atoms with E-state index in [9.17, 15) is 14.4 Å². The summed E-state index contributed by atoms with van der Waals surface area (Å²) in [6.45, 7) is 6.48. The summed E-state index contributed by atoms with van der Waals surface area (Å²) in [7, 11) is 0. The minimum absolute atomic E-state index is 0.0964. The quantitative estimate of drug-likeness (QED) is 0.0261. The molecule has 0 aliphatic heterocycles. The molecule has 80 heavy (non-hydrogen) atoms. The van der Waals surface area contributed by atoms with Gasteiger partial charge in [0, 0.05) is 19.3 Å². The minimum atomic E-state index is -0.805. The van der Waals surface area contributed by atoms with Crippen LogP contribution in [0.4, 0.5) is 0 Å². The van der Waals surface area contributed by atoms with Crippen LogP contribution in [0.3, 0.4) is 0 Å². The Bertz CT molecular complexity index is 1700. The number of rotatable bonds is 59. The van der Waals surface area contributed by atoms with Crippen LogP contribution in [0.5, 0.6) is 0 Å². The summed E-state index contributed by atoms with van der Waals surface area (Å²) in [6.07, 6.45) is 94.6. The zero-order chi connectivity index (χ0) is 57.8. The van der Waals surface area contributed by atoms with E-state index < -0.39 is 6.10 Å². The van der Waals surface area contributed by atoms with Crippen molar-refractivity contribution in [1.82, 2.24) is 0 Å². The zero-order valence-electron chi connectivity index (χ0n) is 52.0. The molecule has 6 heteroatoms. The number of carbonyl (C=O) groups is 3. The molecule has 0 saturated heterocycles. The highest BCUT2D eigenvalue weighted by Crippen LogP contribution is 2.15. The van der Waals surface area contributed by atoms with Gasteiger partial charge in [0.25, 0.3) is 0 Å². The van der Waals surface area contributed by atoms with E-state index in [1.807, 2.05) is 0 Å². The highest BCUT2D eigenvalue weighted by atomic mass is 16.6. The van der Waals surface area contributed by atoms with E-state index in [1.54, 1.807) is 0 Å². The van der Waals surface area contributed by atoms with Crippen LogP contribution in [-0.2, 0) is 28.6 Å². The standard InChI is InChI=1S/C74H122O6/c1-4-7-10-13-16-19-22-25-27-29-31-33-35-36-37-38-40-41-43-45-47-49-52-55-58-61-64-67-73(76)79-70-71(69-78-72(75)66-63-60-57-54-51-24-21-18-15-12-9-6-3)80-74(77)68-65-62-59-56-53-50-48-46-44-42-39-34-32-30-28-26-23-20-17-14-11-8-5-2/h7,10,16,19,23,25-27,30-33,36-37,39-42,45,47,52,55,71H,4-6,8-9,11-15,17-18,20-22,24,28-29,34-35,38,43-44,46,48-51,53-54,56-70H2,1-3H3/b10-7-,19-16-,26-23-,27-25-,32-30-,33-31-,37-36-,41-40-,42-39-,47-45-,55-52-. The van der Waals surface area contributed by atoms with Crippen LogP contribution < -0.4 is 0 Å². The van der Waals surface area contributed by atoms with Gasteiger partial charge in [-0.1, -0.05) is 289 Å². The first-order valence-corrected chi connectivity index (χ1v) is 33.2. The maximum atomic E-state index is 12.9. The summed E-state index contributed by atoms with van der Waals surface area (Å²) in [4.78, 5) is 38.3. The molecule has 6 nitrogen and oxygen atoms in total. The summed E-state index contributed by atoms with van der Waals surface area (Å²) in [5, 5.41) is 0. The molecule has 1 atom stereocenters. The fourth-order valence-corrected chi connectivity index (χ4v) is 8.94. The van der Waals surface area contributed by atoms with Crippen LogP contribution in [0.2, 0.25) is 0 Å². The van der Waals surface area contributed by atoms with Gasteiger partial charge >= 0.3 is 17.9 Å². The first-order chi connectivity index (χ1) is 39.5. The topological polar surface area (TPSA) is 78.9 Å². The second kappa shape index (κ2) is 67.1. The van der Waals surface area contributed by atoms with E-state index in [0.717, 1.165) is 122 Å². The van der Waals surface area contributed by atoms with Crippen molar-refractivity contribution in [2.45, 2.75) is 303 Å². The molecule has 0 radical (unpaired) electrons. The minimum Gasteiger partial charge on any atom is -0.462 e. The molecule has 0 heterocycles. The third kappa shape index (κ3) is 64.4. The van der Waals surface area contributed by atoms with E-state index >= 15 is 0 Å². The highest BCUT2D eigenvalue weighted by molar-refractivity contribution is 5.71. The Morgan fingerprint density at radius 3 is 0.787 bits per heavy atom. The first kappa shape index (κ1) is 75.5. The van der Waals surface area contributed by atoms with Gasteiger partial charge in [0.15, 0.2) is 6.10 Å². The largest absolute Gasteiger partial charge is 0.462 e. The molecular weight excluding hydrogens is 985 g/mol. The number of carbonyl (C=O) groups excluding carboxylic acids is 3. The number of esters is 3. The molecule has 0 rings (SSSR count). The van der Waals surface area contributed by atoms with Crippen LogP contribution in [0, 0.1) is 0 Å². The third-order valence-electron chi connectivity index (χ3n) is 13.9. The van der Waals surface area contributed by atoms with E-state index in [0.29, 0.717) is 25.7 Å². The SMILES string of the molecule is CC/C=C\C/C=C\C/C=C\C/C=C\C/C=C\C/C=C\C/C=C\C/C=C\CCCCC(=O)OCC(COC(=O)CCCCCCCCCCCCCC)OC(=O)CCCCCCCCCC/C=C\C/C=C\C/C=C\CCCCCCC. The normalized spacial score (nSPS) is 13.0. The number of ether oxygens (including phenoxy) is 3. The molecule has 0 amide bonds. The van der Waals surface area contributed by atoms with E-state index in [1.165, 1.54) is 128 Å². The van der Waals surface area contributed by atoms with Gasteiger partial charge in [-0.25, -0.2) is 0 Å². The Morgan fingerprint density at radius 1 is 0.263 bits per heavy atom. The molecule has 0 aliphatic carbocycles. The van der Waals surface area contributed by atoms with Crippen LogP contribution in [0.25, 0.3) is 0 Å². The van der Waals surface area contributed by atoms with Gasteiger partial charge in [0.05, 0.1) is 0 Å². The van der Waals surface area contributed by atoms with Crippen molar-refractivity contribution in [2.24, 2.45) is 0 Å². The van der Waals surface area contributed by atoms with Crippen LogP contribution in [0.1, 0.15) is 297 Å². The van der Waals surface area contributed by atoms with Crippen molar-refractivity contribution in [3.8, 4) is 0 Å². The Balaban J connectivity index is 4.43. The fourth-order valence-electron chi connectivity index (χ4n) is 8.94. The number of allylic oxidation sites excluding steroid dienone is 22. The molecule has 0 aromatic heterocycles. The van der Waals surface area contributed by atoms with Crippen LogP contribution >= 0.6 is 0 Å². The van der Waals surface area contributed by atoms with E-state index in [2.05, 4.69) is 154 Å². The highest BCUT2D eigenvalue weighted by Gasteiger charge is 2.19. The molecule has 454 valence electrons. The second-order valence-electron chi connectivity index (χ2n) is 21.6. The lowest BCUT2D eigenvalue weighted by Crippen LogP contribution is -2.30. The third-order valence-corrected chi connectivity index (χ3v) is 13.9. The lowest BCUT2D eigenvalue weighted by Gasteiger charge is -2.18. The Labute approximate surface area is 494 Å². The average Bonchev–Trinajstić information content (AvgIpc) is 3.46. The maximum Gasteiger partial charge on any atom is 0.306 e. The fraction of sp³-hybridized carbons (Fsp3) is 0.662. The van der Waals surface area contributed by atoms with Crippen molar-refractivity contribution in [3.05, 3.63) is 134 Å². The predicted octanol–water partition coefficient (Wildman–Crippen LogP) is 22.9. The Kier molecular flexibility index (Phi) is 63.3. The second-order valence-corrected chi connectivity index (χ2v) is 21.6. The van der Waals surface area contributed by atoms with Gasteiger partial charge in [0.2, 0.25) is 0 Å². The van der Waals surface area contributed by atoms with Crippen LogP contribution in [-0.4, -0.2) is 37.2 Å². The Hall–Kier alpha value is -4.45. The van der Waals surface area contributed by atoms with E-state index in [-0.39, 0.29) is 31.1 Å². The summed E-state index contributed by atoms with van der Waals surface area (Å²) < 4.78 is 16.9.